The highest BCUT2D eigenvalue weighted by Crippen LogP contribution is 2.16. The number of carbonyl (C=O) groups excluding carboxylic acids is 4. The Bertz CT molecular complexity index is 985. The number of ether oxygens (including phenoxy) is 4. The van der Waals surface area contributed by atoms with Crippen LogP contribution in [0.1, 0.15) is 195 Å². The third-order valence-electron chi connectivity index (χ3n) is 9.45. The van der Waals surface area contributed by atoms with Gasteiger partial charge in [-0.05, 0) is 103 Å². The third kappa shape index (κ3) is 36.9. The molecule has 0 spiro atoms. The van der Waals surface area contributed by atoms with E-state index in [0.29, 0.717) is 51.4 Å². The topological polar surface area (TPSA) is 125 Å². The van der Waals surface area contributed by atoms with E-state index in [2.05, 4.69) is 76.3 Å². The fourth-order valence-corrected chi connectivity index (χ4v) is 5.90. The summed E-state index contributed by atoms with van der Waals surface area (Å²) in [6.07, 6.45) is 37.8. The van der Waals surface area contributed by atoms with Crippen molar-refractivity contribution in [3.63, 3.8) is 0 Å². The van der Waals surface area contributed by atoms with E-state index in [4.69, 9.17) is 18.9 Å². The van der Waals surface area contributed by atoms with E-state index in [1.54, 1.807) is 0 Å². The van der Waals surface area contributed by atoms with Crippen LogP contribution in [0.3, 0.4) is 0 Å². The van der Waals surface area contributed by atoms with Crippen LogP contribution in [0, 0.1) is 5.92 Å². The van der Waals surface area contributed by atoms with E-state index in [9.17, 15) is 24.3 Å². The maximum atomic E-state index is 12.6. The summed E-state index contributed by atoms with van der Waals surface area (Å²) < 4.78 is 22.3. The highest BCUT2D eigenvalue weighted by atomic mass is 16.6. The van der Waals surface area contributed by atoms with Crippen LogP contribution in [-0.2, 0) is 38.1 Å². The number of aliphatic hydroxyl groups is 1. The molecule has 0 aromatic heterocycles. The van der Waals surface area contributed by atoms with Gasteiger partial charge in [-0.25, -0.2) is 0 Å². The molecular formula is C48H82O9. The molecule has 0 unspecified atom stereocenters. The van der Waals surface area contributed by atoms with Crippen LogP contribution in [0.25, 0.3) is 0 Å². The minimum atomic E-state index is -0.503. The highest BCUT2D eigenvalue weighted by molar-refractivity contribution is 5.70. The molecule has 9 heteroatoms. The lowest BCUT2D eigenvalue weighted by molar-refractivity contribution is -0.150. The quantitative estimate of drug-likeness (QED) is 0.0280. The summed E-state index contributed by atoms with van der Waals surface area (Å²) in [6.45, 7) is 8.27. The van der Waals surface area contributed by atoms with E-state index in [-0.39, 0.29) is 68.7 Å². The molecule has 0 aliphatic heterocycles. The van der Waals surface area contributed by atoms with E-state index < -0.39 is 5.92 Å². The predicted molar refractivity (Wildman–Crippen MR) is 232 cm³/mol. The number of hydrogen-bond acceptors (Lipinski definition) is 9. The van der Waals surface area contributed by atoms with Crippen molar-refractivity contribution in [1.82, 2.24) is 0 Å². The highest BCUT2D eigenvalue weighted by Gasteiger charge is 2.17. The van der Waals surface area contributed by atoms with Crippen LogP contribution in [0.2, 0.25) is 0 Å². The van der Waals surface area contributed by atoms with Gasteiger partial charge in [0, 0.05) is 25.7 Å². The minimum Gasteiger partial charge on any atom is -0.465 e. The van der Waals surface area contributed by atoms with Gasteiger partial charge < -0.3 is 24.1 Å². The van der Waals surface area contributed by atoms with Crippen LogP contribution in [0.4, 0.5) is 0 Å². The molecule has 0 aliphatic rings. The monoisotopic (exact) mass is 803 g/mol. The number of rotatable bonds is 39. The molecule has 0 amide bonds. The average molecular weight is 803 g/mol. The molecule has 57 heavy (non-hydrogen) atoms. The lowest BCUT2D eigenvalue weighted by Crippen LogP contribution is -2.23. The normalized spacial score (nSPS) is 12.0. The van der Waals surface area contributed by atoms with Crippen LogP contribution in [-0.4, -0.2) is 61.0 Å². The first-order valence-electron chi connectivity index (χ1n) is 22.7. The second-order valence-electron chi connectivity index (χ2n) is 15.1. The maximum absolute atomic E-state index is 12.6. The van der Waals surface area contributed by atoms with Crippen LogP contribution in [0.5, 0.6) is 0 Å². The minimum absolute atomic E-state index is 0.0370. The molecular weight excluding hydrogens is 721 g/mol. The van der Waals surface area contributed by atoms with Gasteiger partial charge in [-0.3, -0.25) is 19.2 Å². The molecule has 0 bridgehead atoms. The molecule has 0 fully saturated rings. The molecule has 328 valence electrons. The van der Waals surface area contributed by atoms with Gasteiger partial charge >= 0.3 is 23.9 Å². The first-order valence-corrected chi connectivity index (χ1v) is 22.7. The second-order valence-corrected chi connectivity index (χ2v) is 15.1. The summed E-state index contributed by atoms with van der Waals surface area (Å²) in [5.41, 5.74) is 0. The molecule has 0 saturated heterocycles. The Hall–Kier alpha value is -3.20. The van der Waals surface area contributed by atoms with Gasteiger partial charge in [0.05, 0.1) is 25.7 Å². The molecule has 0 rings (SSSR count). The lowest BCUT2D eigenvalue weighted by Gasteiger charge is -2.17. The van der Waals surface area contributed by atoms with Gasteiger partial charge in [0.1, 0.15) is 12.2 Å². The van der Waals surface area contributed by atoms with Gasteiger partial charge in [-0.1, -0.05) is 115 Å². The summed E-state index contributed by atoms with van der Waals surface area (Å²) in [5, 5.41) is 9.72. The Morgan fingerprint density at radius 2 is 0.702 bits per heavy atom. The van der Waals surface area contributed by atoms with Crippen molar-refractivity contribution >= 4 is 23.9 Å². The number of allylic oxidation sites excluding steroid dienone is 8. The Balaban J connectivity index is 4.28. The van der Waals surface area contributed by atoms with Gasteiger partial charge in [0.25, 0.3) is 0 Å². The maximum Gasteiger partial charge on any atom is 0.306 e. The molecule has 0 radical (unpaired) electrons. The molecule has 0 atom stereocenters. The Morgan fingerprint density at radius 3 is 0.982 bits per heavy atom. The number of unbranched alkanes of at least 4 members (excludes halogenated alkanes) is 8. The molecule has 0 aromatic carbocycles. The van der Waals surface area contributed by atoms with Crippen molar-refractivity contribution in [1.29, 1.82) is 0 Å². The summed E-state index contributed by atoms with van der Waals surface area (Å²) >= 11 is 0. The van der Waals surface area contributed by atoms with Crippen molar-refractivity contribution in [3.8, 4) is 0 Å². The number of carbonyl (C=O) groups is 4. The summed E-state index contributed by atoms with van der Waals surface area (Å²) in [5.74, 6) is -1.65. The molecule has 9 nitrogen and oxygen atoms in total. The predicted octanol–water partition coefficient (Wildman–Crippen LogP) is 12.0. The van der Waals surface area contributed by atoms with Crippen molar-refractivity contribution in [2.24, 2.45) is 5.92 Å². The fourth-order valence-electron chi connectivity index (χ4n) is 5.90. The zero-order chi connectivity index (χ0) is 42.0. The van der Waals surface area contributed by atoms with E-state index >= 15 is 0 Å². The molecule has 0 saturated carbocycles. The largest absolute Gasteiger partial charge is 0.465 e. The van der Waals surface area contributed by atoms with Gasteiger partial charge in [0.2, 0.25) is 0 Å². The average Bonchev–Trinajstić information content (AvgIpc) is 3.19. The number of aliphatic hydroxyl groups excluding tert-OH is 1. The van der Waals surface area contributed by atoms with Crippen molar-refractivity contribution < 1.29 is 43.2 Å². The summed E-state index contributed by atoms with van der Waals surface area (Å²) in [7, 11) is 0. The van der Waals surface area contributed by atoms with E-state index in [0.717, 1.165) is 103 Å². The van der Waals surface area contributed by atoms with Gasteiger partial charge in [-0.2, -0.15) is 0 Å². The van der Waals surface area contributed by atoms with Crippen molar-refractivity contribution in [2.45, 2.75) is 207 Å². The molecule has 1 N–H and O–H groups in total. The molecule has 0 heterocycles. The van der Waals surface area contributed by atoms with E-state index in [1.165, 1.54) is 0 Å². The SMILES string of the molecule is CCC/C=C\CCC(CC/C=C\CCC)OC(=O)CCCCCC(=O)OCC(CO)COC(=O)CCCCCC(=O)OC(CC/C=C\CCC)CC/C=C\CCC. The summed E-state index contributed by atoms with van der Waals surface area (Å²) in [6, 6.07) is 0. The van der Waals surface area contributed by atoms with Gasteiger partial charge in [0.15, 0.2) is 0 Å². The number of esters is 4. The third-order valence-corrected chi connectivity index (χ3v) is 9.45. The zero-order valence-corrected chi connectivity index (χ0v) is 36.6. The second kappa shape index (κ2) is 41.0. The first-order chi connectivity index (χ1) is 27.8. The van der Waals surface area contributed by atoms with Crippen molar-refractivity contribution in [2.75, 3.05) is 19.8 Å². The lowest BCUT2D eigenvalue weighted by atomic mass is 10.1. The standard InChI is InChI=1S/C48H82O9/c1-5-9-13-17-23-31-43(32-24-18-14-10-6-2)56-47(52)37-29-21-27-35-45(50)54-40-42(39-49)41-55-46(51)36-28-22-30-38-48(53)57-44(33-25-19-15-11-7-3)34-26-20-16-12-8-4/h13-20,42-44,49H,5-12,21-41H2,1-4H3/b17-13-,18-14-,19-15-,20-16-. The fraction of sp³-hybridized carbons (Fsp3) is 0.750. The van der Waals surface area contributed by atoms with Crippen LogP contribution < -0.4 is 0 Å². The zero-order valence-electron chi connectivity index (χ0n) is 36.6. The Morgan fingerprint density at radius 1 is 0.421 bits per heavy atom. The van der Waals surface area contributed by atoms with Gasteiger partial charge in [-0.15, -0.1) is 0 Å². The Labute approximate surface area is 347 Å². The summed E-state index contributed by atoms with van der Waals surface area (Å²) in [4.78, 5) is 49.7. The van der Waals surface area contributed by atoms with Crippen molar-refractivity contribution in [3.05, 3.63) is 48.6 Å². The van der Waals surface area contributed by atoms with Crippen LogP contribution in [0.15, 0.2) is 48.6 Å². The smallest absolute Gasteiger partial charge is 0.306 e. The van der Waals surface area contributed by atoms with E-state index in [1.807, 2.05) is 0 Å². The number of hydrogen-bond donors (Lipinski definition) is 1. The molecule has 0 aliphatic carbocycles. The first kappa shape index (κ1) is 53.8. The van der Waals surface area contributed by atoms with Crippen LogP contribution >= 0.6 is 0 Å². The molecule has 0 aromatic rings. The Kier molecular flexibility index (Phi) is 38.7.